The number of rotatable bonds is 1. The highest BCUT2D eigenvalue weighted by atomic mass is 35.5. The third-order valence-corrected chi connectivity index (χ3v) is 4.69. The normalized spacial score (nSPS) is 19.6. The molecule has 0 bridgehead atoms. The predicted octanol–water partition coefficient (Wildman–Crippen LogP) is 1.35. The number of aromatic amines is 1. The fourth-order valence-corrected chi connectivity index (χ4v) is 3.22. The molecule has 9 heteroatoms. The molecule has 3 heterocycles. The number of aryl methyl sites for hydroxylation is 1. The van der Waals surface area contributed by atoms with Gasteiger partial charge in [0.25, 0.3) is 5.56 Å². The third-order valence-electron chi connectivity index (χ3n) is 4.51. The highest BCUT2D eigenvalue weighted by Crippen LogP contribution is 2.22. The Hall–Kier alpha value is -2.42. The lowest BCUT2D eigenvalue weighted by molar-refractivity contribution is -0.000221. The van der Waals surface area contributed by atoms with Crippen LogP contribution in [-0.4, -0.2) is 38.3 Å². The summed E-state index contributed by atoms with van der Waals surface area (Å²) in [4.78, 5) is 29.4. The van der Waals surface area contributed by atoms with Crippen molar-refractivity contribution >= 4 is 22.8 Å². The van der Waals surface area contributed by atoms with E-state index in [9.17, 15) is 9.59 Å². The molecule has 2 unspecified atom stereocenters. The van der Waals surface area contributed by atoms with Crippen LogP contribution in [0.15, 0.2) is 39.9 Å². The van der Waals surface area contributed by atoms with Gasteiger partial charge < -0.3 is 15.0 Å². The number of morpholine rings is 1. The molecule has 2 N–H and O–H groups in total. The minimum Gasteiger partial charge on any atom is -0.371 e. The van der Waals surface area contributed by atoms with Crippen molar-refractivity contribution in [3.63, 3.8) is 0 Å². The highest BCUT2D eigenvalue weighted by Gasteiger charge is 2.22. The van der Waals surface area contributed by atoms with E-state index in [1.807, 2.05) is 6.07 Å². The second-order valence-corrected chi connectivity index (χ2v) is 6.73. The van der Waals surface area contributed by atoms with Gasteiger partial charge in [-0.15, -0.1) is 0 Å². The summed E-state index contributed by atoms with van der Waals surface area (Å²) in [5.41, 5.74) is 0.915. The van der Waals surface area contributed by atoms with Crippen LogP contribution in [0.2, 0.25) is 5.28 Å². The average Bonchev–Trinajstić information content (AvgIpc) is 3.08. The number of nitrogens with zero attached hydrogens (tertiary/aromatic N) is 3. The summed E-state index contributed by atoms with van der Waals surface area (Å²) in [6, 6.07) is 10.8. The smallest absolute Gasteiger partial charge is 0.332 e. The Morgan fingerprint density at radius 2 is 1.89 bits per heavy atom. The van der Waals surface area contributed by atoms with Crippen LogP contribution >= 0.6 is 11.6 Å². The second kappa shape index (κ2) is 8.08. The number of ether oxygens (including phenoxy) is 1. The van der Waals surface area contributed by atoms with Crippen molar-refractivity contribution in [3.05, 3.63) is 62.0 Å². The minimum atomic E-state index is -0.428. The number of benzene rings is 1. The Bertz CT molecular complexity index is 1040. The van der Waals surface area contributed by atoms with Gasteiger partial charge in [-0.3, -0.25) is 13.9 Å². The summed E-state index contributed by atoms with van der Waals surface area (Å²) < 4.78 is 7.97. The first kappa shape index (κ1) is 19.3. The summed E-state index contributed by atoms with van der Waals surface area (Å²) in [5.74, 6) is 0. The molecular weight excluding hydrogens is 370 g/mol. The first-order chi connectivity index (χ1) is 12.9. The second-order valence-electron chi connectivity index (χ2n) is 6.38. The van der Waals surface area contributed by atoms with Crippen LogP contribution in [0.5, 0.6) is 0 Å². The number of imidazole rings is 1. The minimum absolute atomic E-state index is 0.0956. The molecule has 8 nitrogen and oxygen atoms in total. The molecule has 2 atom stereocenters. The first-order valence-corrected chi connectivity index (χ1v) is 8.99. The fourth-order valence-electron chi connectivity index (χ4n) is 3.05. The van der Waals surface area contributed by atoms with Crippen molar-refractivity contribution in [1.29, 1.82) is 0 Å². The largest absolute Gasteiger partial charge is 0.371 e. The monoisotopic (exact) mass is 391 g/mol. The van der Waals surface area contributed by atoms with E-state index in [1.54, 1.807) is 0 Å². The Labute approximate surface area is 160 Å². The molecule has 4 rings (SSSR count). The van der Waals surface area contributed by atoms with E-state index in [4.69, 9.17) is 16.3 Å². The summed E-state index contributed by atoms with van der Waals surface area (Å²) >= 11 is 5.60. The average molecular weight is 392 g/mol. The van der Waals surface area contributed by atoms with E-state index in [2.05, 4.69) is 46.5 Å². The molecule has 27 heavy (non-hydrogen) atoms. The van der Waals surface area contributed by atoms with Gasteiger partial charge in [0.1, 0.15) is 0 Å². The topological polar surface area (TPSA) is 93.9 Å². The highest BCUT2D eigenvalue weighted by molar-refractivity contribution is 6.28. The molecule has 144 valence electrons. The van der Waals surface area contributed by atoms with E-state index in [-0.39, 0.29) is 22.6 Å². The van der Waals surface area contributed by atoms with Crippen molar-refractivity contribution in [1.82, 2.24) is 24.4 Å². The zero-order valence-corrected chi connectivity index (χ0v) is 16.2. The number of H-pyrrole nitrogens is 1. The number of hydrogen-bond donors (Lipinski definition) is 2. The van der Waals surface area contributed by atoms with Gasteiger partial charge in [-0.25, -0.2) is 4.79 Å². The molecule has 0 spiro atoms. The predicted molar refractivity (Wildman–Crippen MR) is 104 cm³/mol. The van der Waals surface area contributed by atoms with Crippen molar-refractivity contribution in [2.24, 2.45) is 14.1 Å². The van der Waals surface area contributed by atoms with E-state index in [0.29, 0.717) is 6.04 Å². The zero-order chi connectivity index (χ0) is 19.6. The molecular formula is C18H22ClN5O3. The van der Waals surface area contributed by atoms with E-state index in [0.717, 1.165) is 17.7 Å². The summed E-state index contributed by atoms with van der Waals surface area (Å²) in [6.07, 6.45) is 0.218. The fraction of sp³-hybridized carbons (Fsp3) is 0.389. The van der Waals surface area contributed by atoms with Gasteiger partial charge in [0.2, 0.25) is 5.28 Å². The number of fused-ring (bicyclic) bond motifs is 1. The molecule has 0 amide bonds. The van der Waals surface area contributed by atoms with Crippen LogP contribution in [-0.2, 0) is 18.8 Å². The van der Waals surface area contributed by atoms with Crippen LogP contribution in [0.1, 0.15) is 18.6 Å². The Morgan fingerprint density at radius 1 is 1.19 bits per heavy atom. The van der Waals surface area contributed by atoms with Gasteiger partial charge >= 0.3 is 5.69 Å². The van der Waals surface area contributed by atoms with Gasteiger partial charge in [-0.2, -0.15) is 4.98 Å². The van der Waals surface area contributed by atoms with Crippen molar-refractivity contribution < 1.29 is 4.74 Å². The maximum absolute atomic E-state index is 11.5. The van der Waals surface area contributed by atoms with Crippen LogP contribution in [0.3, 0.4) is 0 Å². The molecule has 0 aliphatic carbocycles. The van der Waals surface area contributed by atoms with Crippen molar-refractivity contribution in [2.45, 2.75) is 19.1 Å². The molecule has 0 radical (unpaired) electrons. The SMILES string of the molecule is CC1NCCOC1c1ccccc1.Cn1c(=O)c2[nH]c(Cl)nc2n(C)c1=O. The number of nitrogens with one attached hydrogen (secondary N) is 2. The number of halogens is 1. The lowest BCUT2D eigenvalue weighted by Gasteiger charge is -2.30. The van der Waals surface area contributed by atoms with Crippen LogP contribution < -0.4 is 16.6 Å². The van der Waals surface area contributed by atoms with Gasteiger partial charge in [0, 0.05) is 26.7 Å². The molecule has 0 saturated carbocycles. The Balaban J connectivity index is 0.000000156. The molecule has 3 aromatic rings. The van der Waals surface area contributed by atoms with Gasteiger partial charge in [-0.1, -0.05) is 30.3 Å². The first-order valence-electron chi connectivity index (χ1n) is 8.61. The van der Waals surface area contributed by atoms with Crippen LogP contribution in [0, 0.1) is 0 Å². The van der Waals surface area contributed by atoms with E-state index in [1.165, 1.54) is 24.2 Å². The van der Waals surface area contributed by atoms with Crippen molar-refractivity contribution in [2.75, 3.05) is 13.2 Å². The molecule has 1 aromatic carbocycles. The van der Waals surface area contributed by atoms with E-state index >= 15 is 0 Å². The van der Waals surface area contributed by atoms with E-state index < -0.39 is 11.2 Å². The van der Waals surface area contributed by atoms with Crippen LogP contribution in [0.4, 0.5) is 0 Å². The van der Waals surface area contributed by atoms with Crippen LogP contribution in [0.25, 0.3) is 11.2 Å². The van der Waals surface area contributed by atoms with Gasteiger partial charge in [0.05, 0.1) is 12.7 Å². The van der Waals surface area contributed by atoms with Gasteiger partial charge in [-0.05, 0) is 24.1 Å². The molecule has 1 fully saturated rings. The molecule has 2 aromatic heterocycles. The number of hydrogen-bond acceptors (Lipinski definition) is 5. The quantitative estimate of drug-likeness (QED) is 0.611. The summed E-state index contributed by atoms with van der Waals surface area (Å²) in [5, 5.41) is 3.50. The number of aromatic nitrogens is 4. The maximum atomic E-state index is 11.5. The summed E-state index contributed by atoms with van der Waals surface area (Å²) in [6.45, 7) is 3.94. The molecule has 1 aliphatic heterocycles. The van der Waals surface area contributed by atoms with Gasteiger partial charge in [0.15, 0.2) is 11.2 Å². The lowest BCUT2D eigenvalue weighted by Crippen LogP contribution is -2.41. The Morgan fingerprint density at radius 3 is 2.56 bits per heavy atom. The Kier molecular flexibility index (Phi) is 5.79. The van der Waals surface area contributed by atoms with Crippen molar-refractivity contribution in [3.8, 4) is 0 Å². The molecule has 1 saturated heterocycles. The maximum Gasteiger partial charge on any atom is 0.332 e. The standard InChI is InChI=1S/C11H15NO.C7H7ClN4O2/c1-9-11(13-8-7-12-9)10-5-3-2-4-6-10;1-11-4-3(9-6(8)10-4)5(13)12(2)7(11)14/h2-6,9,11-12H,7-8H2,1H3;1-2H3,(H,9,10). The molecule has 1 aliphatic rings. The third kappa shape index (κ3) is 3.97. The lowest BCUT2D eigenvalue weighted by atomic mass is 10.0. The zero-order valence-electron chi connectivity index (χ0n) is 15.4. The summed E-state index contributed by atoms with van der Waals surface area (Å²) in [7, 11) is 2.93.